The Kier molecular flexibility index (Phi) is 3.73. The molecule has 4 heteroatoms. The highest BCUT2D eigenvalue weighted by molar-refractivity contribution is 5.77. The molecule has 0 atom stereocenters. The van der Waals surface area contributed by atoms with Crippen LogP contribution in [0.1, 0.15) is 33.1 Å². The first kappa shape index (κ1) is 12.8. The predicted molar refractivity (Wildman–Crippen MR) is 66.7 cm³/mol. The van der Waals surface area contributed by atoms with Gasteiger partial charge < -0.3 is 14.9 Å². The van der Waals surface area contributed by atoms with Crippen LogP contribution in [0.15, 0.2) is 0 Å². The van der Waals surface area contributed by atoms with Crippen molar-refractivity contribution in [3.05, 3.63) is 0 Å². The Balaban J connectivity index is 1.90. The maximum atomic E-state index is 11.5. The van der Waals surface area contributed by atoms with Crippen LogP contribution in [0.5, 0.6) is 0 Å². The summed E-state index contributed by atoms with van der Waals surface area (Å²) in [5.41, 5.74) is 0.343. The van der Waals surface area contributed by atoms with Crippen molar-refractivity contribution >= 4 is 5.91 Å². The third-order valence-electron chi connectivity index (χ3n) is 4.52. The van der Waals surface area contributed by atoms with E-state index in [9.17, 15) is 4.79 Å². The molecule has 2 saturated heterocycles. The van der Waals surface area contributed by atoms with E-state index in [1.165, 1.54) is 12.8 Å². The minimum Gasteiger partial charge on any atom is -0.387 e. The van der Waals surface area contributed by atoms with Crippen molar-refractivity contribution in [2.75, 3.05) is 32.8 Å². The van der Waals surface area contributed by atoms with Gasteiger partial charge in [0.25, 0.3) is 0 Å². The lowest BCUT2D eigenvalue weighted by molar-refractivity contribution is -0.133. The molecule has 0 aromatic carbocycles. The zero-order chi connectivity index (χ0) is 12.5. The molecule has 0 saturated carbocycles. The van der Waals surface area contributed by atoms with E-state index in [4.69, 9.17) is 5.11 Å². The Bertz CT molecular complexity index is 283. The SMILES string of the molecule is CC(C)N1CCC2(CCN(C(=O)CO)C2)CC1. The van der Waals surface area contributed by atoms with Gasteiger partial charge >= 0.3 is 0 Å². The van der Waals surface area contributed by atoms with Gasteiger partial charge in [-0.25, -0.2) is 0 Å². The number of piperidine rings is 1. The molecule has 1 spiro atoms. The van der Waals surface area contributed by atoms with Gasteiger partial charge in [0.1, 0.15) is 6.61 Å². The Labute approximate surface area is 104 Å². The summed E-state index contributed by atoms with van der Waals surface area (Å²) in [7, 11) is 0. The third-order valence-corrected chi connectivity index (χ3v) is 4.52. The summed E-state index contributed by atoms with van der Waals surface area (Å²) in [4.78, 5) is 15.8. The minimum absolute atomic E-state index is 0.104. The van der Waals surface area contributed by atoms with Crippen LogP contribution in [0.2, 0.25) is 0 Å². The maximum Gasteiger partial charge on any atom is 0.248 e. The molecule has 1 N–H and O–H groups in total. The molecule has 0 aromatic heterocycles. The number of aliphatic hydroxyl groups is 1. The Hall–Kier alpha value is -0.610. The van der Waals surface area contributed by atoms with Crippen molar-refractivity contribution in [3.8, 4) is 0 Å². The van der Waals surface area contributed by atoms with Crippen LogP contribution in [0.3, 0.4) is 0 Å². The van der Waals surface area contributed by atoms with Gasteiger partial charge in [-0.2, -0.15) is 0 Å². The normalized spacial score (nSPS) is 24.8. The summed E-state index contributed by atoms with van der Waals surface area (Å²) in [5, 5.41) is 8.90. The first-order valence-corrected chi connectivity index (χ1v) is 6.69. The number of likely N-dealkylation sites (tertiary alicyclic amines) is 2. The van der Waals surface area contributed by atoms with E-state index in [1.807, 2.05) is 4.90 Å². The molecule has 0 aromatic rings. The number of amides is 1. The van der Waals surface area contributed by atoms with Crippen LogP contribution in [0.4, 0.5) is 0 Å². The van der Waals surface area contributed by atoms with Crippen LogP contribution in [-0.2, 0) is 4.79 Å². The Morgan fingerprint density at radius 2 is 1.82 bits per heavy atom. The predicted octanol–water partition coefficient (Wildman–Crippen LogP) is 0.702. The van der Waals surface area contributed by atoms with E-state index in [0.717, 1.165) is 32.6 Å². The summed E-state index contributed by atoms with van der Waals surface area (Å²) >= 11 is 0. The van der Waals surface area contributed by atoms with Crippen molar-refractivity contribution < 1.29 is 9.90 Å². The summed E-state index contributed by atoms with van der Waals surface area (Å²) < 4.78 is 0. The molecule has 0 bridgehead atoms. The zero-order valence-corrected chi connectivity index (χ0v) is 11.0. The fourth-order valence-corrected chi connectivity index (χ4v) is 3.17. The average molecular weight is 240 g/mol. The second kappa shape index (κ2) is 4.94. The fraction of sp³-hybridized carbons (Fsp3) is 0.923. The van der Waals surface area contributed by atoms with Crippen molar-refractivity contribution in [3.63, 3.8) is 0 Å². The van der Waals surface area contributed by atoms with Gasteiger partial charge in [-0.05, 0) is 51.6 Å². The van der Waals surface area contributed by atoms with E-state index >= 15 is 0 Å². The van der Waals surface area contributed by atoms with E-state index in [2.05, 4.69) is 18.7 Å². The van der Waals surface area contributed by atoms with Crippen molar-refractivity contribution in [2.45, 2.75) is 39.2 Å². The van der Waals surface area contributed by atoms with Crippen LogP contribution in [-0.4, -0.2) is 59.6 Å². The Morgan fingerprint density at radius 1 is 1.24 bits per heavy atom. The van der Waals surface area contributed by atoms with Gasteiger partial charge in [-0.3, -0.25) is 4.79 Å². The summed E-state index contributed by atoms with van der Waals surface area (Å²) in [6.45, 7) is 8.15. The molecule has 0 unspecified atom stereocenters. The molecule has 0 aliphatic carbocycles. The fourth-order valence-electron chi connectivity index (χ4n) is 3.17. The molecule has 98 valence electrons. The van der Waals surface area contributed by atoms with Gasteiger partial charge in [0.15, 0.2) is 0 Å². The second-order valence-electron chi connectivity index (χ2n) is 5.85. The maximum absolute atomic E-state index is 11.5. The first-order chi connectivity index (χ1) is 8.06. The lowest BCUT2D eigenvalue weighted by Gasteiger charge is -2.41. The number of carbonyl (C=O) groups is 1. The van der Waals surface area contributed by atoms with E-state index in [1.54, 1.807) is 0 Å². The van der Waals surface area contributed by atoms with Crippen molar-refractivity contribution in [1.82, 2.24) is 9.80 Å². The molecule has 4 nitrogen and oxygen atoms in total. The molecule has 0 radical (unpaired) electrons. The number of nitrogens with zero attached hydrogens (tertiary/aromatic N) is 2. The topological polar surface area (TPSA) is 43.8 Å². The van der Waals surface area contributed by atoms with Gasteiger partial charge in [-0.1, -0.05) is 0 Å². The standard InChI is InChI=1S/C13H24N2O2/c1-11(2)14-6-3-13(4-7-14)5-8-15(10-13)12(17)9-16/h11,16H,3-10H2,1-2H3. The smallest absolute Gasteiger partial charge is 0.248 e. The molecule has 2 fully saturated rings. The lowest BCUT2D eigenvalue weighted by Crippen LogP contribution is -2.44. The largest absolute Gasteiger partial charge is 0.387 e. The molecule has 2 aliphatic rings. The summed E-state index contributed by atoms with van der Waals surface area (Å²) in [5.74, 6) is -0.104. The van der Waals surface area contributed by atoms with Crippen LogP contribution < -0.4 is 0 Å². The monoisotopic (exact) mass is 240 g/mol. The minimum atomic E-state index is -0.339. The molecule has 2 rings (SSSR count). The van der Waals surface area contributed by atoms with Gasteiger partial charge in [0, 0.05) is 19.1 Å². The van der Waals surface area contributed by atoms with Crippen LogP contribution in [0, 0.1) is 5.41 Å². The lowest BCUT2D eigenvalue weighted by atomic mass is 9.77. The zero-order valence-electron chi connectivity index (χ0n) is 11.0. The van der Waals surface area contributed by atoms with Gasteiger partial charge in [0.2, 0.25) is 5.91 Å². The van der Waals surface area contributed by atoms with E-state index in [-0.39, 0.29) is 12.5 Å². The van der Waals surface area contributed by atoms with Gasteiger partial charge in [0.05, 0.1) is 0 Å². The Morgan fingerprint density at radius 3 is 2.35 bits per heavy atom. The molecule has 17 heavy (non-hydrogen) atoms. The second-order valence-corrected chi connectivity index (χ2v) is 5.85. The first-order valence-electron chi connectivity index (χ1n) is 6.69. The number of rotatable bonds is 2. The van der Waals surface area contributed by atoms with Crippen molar-refractivity contribution in [1.29, 1.82) is 0 Å². The molecular formula is C13H24N2O2. The summed E-state index contributed by atoms with van der Waals surface area (Å²) in [6, 6.07) is 0.629. The van der Waals surface area contributed by atoms with Crippen LogP contribution >= 0.6 is 0 Å². The highest BCUT2D eigenvalue weighted by Crippen LogP contribution is 2.40. The van der Waals surface area contributed by atoms with E-state index in [0.29, 0.717) is 11.5 Å². The molecule has 1 amide bonds. The van der Waals surface area contributed by atoms with Crippen LogP contribution in [0.25, 0.3) is 0 Å². The van der Waals surface area contributed by atoms with Crippen molar-refractivity contribution in [2.24, 2.45) is 5.41 Å². The number of hydrogen-bond donors (Lipinski definition) is 1. The quantitative estimate of drug-likeness (QED) is 0.773. The third kappa shape index (κ3) is 2.63. The number of hydrogen-bond acceptors (Lipinski definition) is 3. The van der Waals surface area contributed by atoms with E-state index < -0.39 is 0 Å². The molecule has 2 heterocycles. The number of aliphatic hydroxyl groups excluding tert-OH is 1. The average Bonchev–Trinajstić information content (AvgIpc) is 2.73. The number of carbonyl (C=O) groups excluding carboxylic acids is 1. The molecule has 2 aliphatic heterocycles. The highest BCUT2D eigenvalue weighted by Gasteiger charge is 2.41. The molecular weight excluding hydrogens is 216 g/mol. The highest BCUT2D eigenvalue weighted by atomic mass is 16.3. The van der Waals surface area contributed by atoms with Gasteiger partial charge in [-0.15, -0.1) is 0 Å². The summed E-state index contributed by atoms with van der Waals surface area (Å²) in [6.07, 6.45) is 3.51.